The molecule has 1 amide bonds. The number of hydrogen-bond acceptors (Lipinski definition) is 4. The maximum absolute atomic E-state index is 12.8. The molecule has 2 aromatic rings. The number of aromatic hydroxyl groups is 1. The smallest absolute Gasteiger partial charge is 0.257 e. The van der Waals surface area contributed by atoms with E-state index in [4.69, 9.17) is 4.74 Å². The third-order valence-electron chi connectivity index (χ3n) is 4.20. The first-order valence-corrected chi connectivity index (χ1v) is 8.24. The Morgan fingerprint density at radius 1 is 1.04 bits per heavy atom. The van der Waals surface area contributed by atoms with Crippen molar-refractivity contribution in [1.82, 2.24) is 4.90 Å². The molecule has 0 saturated carbocycles. The number of phenolic OH excluding ortho intramolecular Hbond substituents is 1. The van der Waals surface area contributed by atoms with Crippen LogP contribution >= 0.6 is 0 Å². The number of para-hydroxylation sites is 1. The summed E-state index contributed by atoms with van der Waals surface area (Å²) in [6.07, 6.45) is 0. The number of nitrogens with zero attached hydrogens (tertiary/aromatic N) is 2. The van der Waals surface area contributed by atoms with Crippen LogP contribution < -0.4 is 9.64 Å². The summed E-state index contributed by atoms with van der Waals surface area (Å²) >= 11 is 0. The molecule has 24 heavy (non-hydrogen) atoms. The van der Waals surface area contributed by atoms with Gasteiger partial charge in [0.05, 0.1) is 12.2 Å². The second-order valence-electron chi connectivity index (χ2n) is 5.72. The number of ether oxygens (including phenoxy) is 1. The zero-order chi connectivity index (χ0) is 16.9. The molecule has 0 atom stereocenters. The molecular formula is C19H22N2O3. The van der Waals surface area contributed by atoms with Crippen molar-refractivity contribution >= 4 is 11.6 Å². The van der Waals surface area contributed by atoms with Gasteiger partial charge >= 0.3 is 0 Å². The molecule has 1 fully saturated rings. The van der Waals surface area contributed by atoms with Gasteiger partial charge in [-0.2, -0.15) is 0 Å². The molecule has 3 rings (SSSR count). The molecule has 0 unspecified atom stereocenters. The van der Waals surface area contributed by atoms with Gasteiger partial charge in [0, 0.05) is 31.9 Å². The summed E-state index contributed by atoms with van der Waals surface area (Å²) in [7, 11) is 0. The second kappa shape index (κ2) is 7.25. The molecule has 0 aliphatic carbocycles. The van der Waals surface area contributed by atoms with Crippen LogP contribution in [0.15, 0.2) is 48.5 Å². The molecule has 5 nitrogen and oxygen atoms in total. The van der Waals surface area contributed by atoms with Gasteiger partial charge in [-0.05, 0) is 43.3 Å². The molecule has 0 aromatic heterocycles. The normalized spacial score (nSPS) is 14.5. The molecule has 1 saturated heterocycles. The van der Waals surface area contributed by atoms with Crippen LogP contribution in [0.3, 0.4) is 0 Å². The molecule has 0 spiro atoms. The van der Waals surface area contributed by atoms with Gasteiger partial charge in [-0.1, -0.05) is 12.1 Å². The van der Waals surface area contributed by atoms with E-state index in [-0.39, 0.29) is 11.7 Å². The number of phenols is 1. The van der Waals surface area contributed by atoms with Crippen molar-refractivity contribution in [2.24, 2.45) is 0 Å². The number of rotatable bonds is 4. The SMILES string of the molecule is CCOc1ccccc1C(=O)N1CCN(c2ccc(O)cc2)CC1. The lowest BCUT2D eigenvalue weighted by Gasteiger charge is -2.36. The third-order valence-corrected chi connectivity index (χ3v) is 4.20. The average Bonchev–Trinajstić information content (AvgIpc) is 2.63. The Bertz CT molecular complexity index is 692. The molecule has 2 aromatic carbocycles. The molecule has 1 aliphatic heterocycles. The van der Waals surface area contributed by atoms with E-state index < -0.39 is 0 Å². The minimum Gasteiger partial charge on any atom is -0.508 e. The summed E-state index contributed by atoms with van der Waals surface area (Å²) in [5.74, 6) is 0.926. The van der Waals surface area contributed by atoms with E-state index in [1.54, 1.807) is 12.1 Å². The van der Waals surface area contributed by atoms with Crippen LogP contribution in [0.2, 0.25) is 0 Å². The van der Waals surface area contributed by atoms with Gasteiger partial charge in [-0.3, -0.25) is 4.79 Å². The fraction of sp³-hybridized carbons (Fsp3) is 0.316. The monoisotopic (exact) mass is 326 g/mol. The van der Waals surface area contributed by atoms with Gasteiger partial charge in [-0.25, -0.2) is 0 Å². The predicted molar refractivity (Wildman–Crippen MR) is 93.8 cm³/mol. The number of hydrogen-bond donors (Lipinski definition) is 1. The fourth-order valence-corrected chi connectivity index (χ4v) is 2.93. The Morgan fingerprint density at radius 3 is 2.38 bits per heavy atom. The minimum absolute atomic E-state index is 0.0180. The summed E-state index contributed by atoms with van der Waals surface area (Å²) in [6.45, 7) is 5.33. The highest BCUT2D eigenvalue weighted by Gasteiger charge is 2.24. The zero-order valence-electron chi connectivity index (χ0n) is 13.8. The van der Waals surface area contributed by atoms with Gasteiger partial charge in [0.15, 0.2) is 0 Å². The van der Waals surface area contributed by atoms with Crippen LogP contribution in [0.1, 0.15) is 17.3 Å². The number of anilines is 1. The van der Waals surface area contributed by atoms with E-state index in [1.165, 1.54) is 0 Å². The van der Waals surface area contributed by atoms with Crippen molar-refractivity contribution in [2.45, 2.75) is 6.92 Å². The van der Waals surface area contributed by atoms with Crippen molar-refractivity contribution in [3.8, 4) is 11.5 Å². The highest BCUT2D eigenvalue weighted by atomic mass is 16.5. The Labute approximate surface area is 142 Å². The van der Waals surface area contributed by atoms with Crippen molar-refractivity contribution in [3.63, 3.8) is 0 Å². The number of piperazine rings is 1. The van der Waals surface area contributed by atoms with Crippen molar-refractivity contribution in [2.75, 3.05) is 37.7 Å². The van der Waals surface area contributed by atoms with E-state index in [9.17, 15) is 9.90 Å². The number of carbonyl (C=O) groups is 1. The fourth-order valence-electron chi connectivity index (χ4n) is 2.93. The van der Waals surface area contributed by atoms with Crippen LogP contribution in [-0.4, -0.2) is 48.7 Å². The van der Waals surface area contributed by atoms with Gasteiger partial charge in [0.25, 0.3) is 5.91 Å². The Balaban J connectivity index is 1.66. The number of benzene rings is 2. The van der Waals surface area contributed by atoms with Crippen LogP contribution in [-0.2, 0) is 0 Å². The standard InChI is InChI=1S/C19H22N2O3/c1-2-24-18-6-4-3-5-17(18)19(23)21-13-11-20(12-14-21)15-7-9-16(22)10-8-15/h3-10,22H,2,11-14H2,1H3. The molecule has 0 radical (unpaired) electrons. The molecule has 1 N–H and O–H groups in total. The van der Waals surface area contributed by atoms with Crippen LogP contribution in [0.4, 0.5) is 5.69 Å². The van der Waals surface area contributed by atoms with Gasteiger partial charge in [0.2, 0.25) is 0 Å². The number of carbonyl (C=O) groups excluding carboxylic acids is 1. The lowest BCUT2D eigenvalue weighted by molar-refractivity contribution is 0.0742. The molecule has 1 heterocycles. The molecule has 0 bridgehead atoms. The lowest BCUT2D eigenvalue weighted by atomic mass is 10.1. The quantitative estimate of drug-likeness (QED) is 0.939. The van der Waals surface area contributed by atoms with Crippen molar-refractivity contribution < 1.29 is 14.6 Å². The second-order valence-corrected chi connectivity index (χ2v) is 5.72. The van der Waals surface area contributed by atoms with E-state index in [2.05, 4.69) is 4.90 Å². The summed E-state index contributed by atoms with van der Waals surface area (Å²) in [4.78, 5) is 16.9. The first-order chi connectivity index (χ1) is 11.7. The summed E-state index contributed by atoms with van der Waals surface area (Å²) in [5, 5.41) is 9.38. The maximum Gasteiger partial charge on any atom is 0.257 e. The maximum atomic E-state index is 12.8. The lowest BCUT2D eigenvalue weighted by Crippen LogP contribution is -2.48. The van der Waals surface area contributed by atoms with Crippen molar-refractivity contribution in [3.05, 3.63) is 54.1 Å². The third kappa shape index (κ3) is 3.45. The van der Waals surface area contributed by atoms with Gasteiger partial charge in [0.1, 0.15) is 11.5 Å². The van der Waals surface area contributed by atoms with Gasteiger partial charge < -0.3 is 19.6 Å². The van der Waals surface area contributed by atoms with Crippen LogP contribution in [0.25, 0.3) is 0 Å². The molecule has 126 valence electrons. The Morgan fingerprint density at radius 2 is 1.71 bits per heavy atom. The van der Waals surface area contributed by atoms with E-state index >= 15 is 0 Å². The van der Waals surface area contributed by atoms with Gasteiger partial charge in [-0.15, -0.1) is 0 Å². The number of amides is 1. The topological polar surface area (TPSA) is 53.0 Å². The largest absolute Gasteiger partial charge is 0.508 e. The predicted octanol–water partition coefficient (Wildman–Crippen LogP) is 2.75. The van der Waals surface area contributed by atoms with Crippen LogP contribution in [0, 0.1) is 0 Å². The highest BCUT2D eigenvalue weighted by Crippen LogP contribution is 2.23. The highest BCUT2D eigenvalue weighted by molar-refractivity contribution is 5.97. The molecular weight excluding hydrogens is 304 g/mol. The summed E-state index contributed by atoms with van der Waals surface area (Å²) < 4.78 is 5.57. The summed E-state index contributed by atoms with van der Waals surface area (Å²) in [6, 6.07) is 14.6. The first-order valence-electron chi connectivity index (χ1n) is 8.24. The first kappa shape index (κ1) is 16.2. The molecule has 5 heteroatoms. The van der Waals surface area contributed by atoms with Crippen molar-refractivity contribution in [1.29, 1.82) is 0 Å². The summed E-state index contributed by atoms with van der Waals surface area (Å²) in [5.41, 5.74) is 1.69. The minimum atomic E-state index is 0.0180. The van der Waals surface area contributed by atoms with E-state index in [1.807, 2.05) is 48.2 Å². The van der Waals surface area contributed by atoms with E-state index in [0.29, 0.717) is 31.0 Å². The molecule has 1 aliphatic rings. The zero-order valence-corrected chi connectivity index (χ0v) is 13.8. The Kier molecular flexibility index (Phi) is 4.89. The Hall–Kier alpha value is -2.69. The van der Waals surface area contributed by atoms with E-state index in [0.717, 1.165) is 18.8 Å². The van der Waals surface area contributed by atoms with Crippen LogP contribution in [0.5, 0.6) is 11.5 Å². The average molecular weight is 326 g/mol.